The summed E-state index contributed by atoms with van der Waals surface area (Å²) in [6.45, 7) is 0. The van der Waals surface area contributed by atoms with Crippen molar-refractivity contribution in [2.45, 2.75) is 0 Å². The summed E-state index contributed by atoms with van der Waals surface area (Å²) in [5.74, 6) is -0.833. The van der Waals surface area contributed by atoms with E-state index in [1.54, 1.807) is 0 Å². The van der Waals surface area contributed by atoms with Gasteiger partial charge < -0.3 is 5.32 Å². The van der Waals surface area contributed by atoms with Crippen molar-refractivity contribution in [2.24, 2.45) is 0 Å². The molecule has 9 heteroatoms. The molecule has 1 amide bonds. The van der Waals surface area contributed by atoms with Crippen molar-refractivity contribution in [3.05, 3.63) is 74.5 Å². The molecule has 6 nitrogen and oxygen atoms in total. The van der Waals surface area contributed by atoms with Crippen molar-refractivity contribution in [1.29, 1.82) is 0 Å². The third-order valence-corrected chi connectivity index (χ3v) is 3.81. The lowest BCUT2D eigenvalue weighted by atomic mass is 10.2. The van der Waals surface area contributed by atoms with Crippen LogP contribution in [0.1, 0.15) is 5.56 Å². The molecular weight excluding hydrogens is 413 g/mol. The monoisotopic (exact) mass is 423 g/mol. The van der Waals surface area contributed by atoms with Gasteiger partial charge in [-0.25, -0.2) is 4.39 Å². The summed E-state index contributed by atoms with van der Waals surface area (Å²) < 4.78 is 13.2. The zero-order chi connectivity index (χ0) is 18.4. The van der Waals surface area contributed by atoms with Crippen molar-refractivity contribution in [1.82, 2.24) is 5.32 Å². The van der Waals surface area contributed by atoms with Crippen molar-refractivity contribution < 1.29 is 14.1 Å². The van der Waals surface area contributed by atoms with Crippen LogP contribution < -0.4 is 10.6 Å². The molecule has 2 N–H and O–H groups in total. The highest BCUT2D eigenvalue weighted by atomic mass is 79.9. The van der Waals surface area contributed by atoms with Gasteiger partial charge in [-0.1, -0.05) is 12.1 Å². The van der Waals surface area contributed by atoms with E-state index in [9.17, 15) is 19.3 Å². The molecule has 0 aliphatic rings. The van der Waals surface area contributed by atoms with Gasteiger partial charge in [0.2, 0.25) is 5.91 Å². The third kappa shape index (κ3) is 5.73. The van der Waals surface area contributed by atoms with E-state index in [2.05, 4.69) is 26.6 Å². The van der Waals surface area contributed by atoms with E-state index in [0.29, 0.717) is 15.7 Å². The summed E-state index contributed by atoms with van der Waals surface area (Å²) >= 11 is 8.22. The van der Waals surface area contributed by atoms with Gasteiger partial charge in [0.1, 0.15) is 5.82 Å². The average Bonchev–Trinajstić information content (AvgIpc) is 2.56. The molecule has 0 aliphatic carbocycles. The maximum Gasteiger partial charge on any atom is 0.270 e. The molecule has 0 saturated heterocycles. The number of carbonyl (C=O) groups excluding carboxylic acids is 1. The molecule has 0 heterocycles. The lowest BCUT2D eigenvalue weighted by Gasteiger charge is -2.09. The number of hydrogen-bond donors (Lipinski definition) is 2. The largest absolute Gasteiger partial charge is 0.331 e. The Kier molecular flexibility index (Phi) is 6.31. The maximum atomic E-state index is 12.8. The number of thiocarbonyl (C=S) groups is 1. The Morgan fingerprint density at radius 3 is 2.52 bits per heavy atom. The van der Waals surface area contributed by atoms with Crippen LogP contribution in [0.2, 0.25) is 0 Å². The first-order chi connectivity index (χ1) is 11.8. The smallest absolute Gasteiger partial charge is 0.270 e. The molecule has 0 radical (unpaired) electrons. The number of hydrogen-bond acceptors (Lipinski definition) is 4. The van der Waals surface area contributed by atoms with Crippen molar-refractivity contribution in [3.8, 4) is 0 Å². The molecule has 0 spiro atoms. The number of anilines is 1. The van der Waals surface area contributed by atoms with E-state index < -0.39 is 10.8 Å². The number of benzene rings is 2. The number of amides is 1. The quantitative estimate of drug-likeness (QED) is 0.335. The number of carbonyl (C=O) groups is 1. The van der Waals surface area contributed by atoms with Crippen LogP contribution in [-0.4, -0.2) is 15.9 Å². The van der Waals surface area contributed by atoms with Gasteiger partial charge in [0.15, 0.2) is 5.11 Å². The van der Waals surface area contributed by atoms with Gasteiger partial charge >= 0.3 is 0 Å². The number of nitrogens with one attached hydrogen (secondary N) is 2. The second kappa shape index (κ2) is 8.45. The van der Waals surface area contributed by atoms with Crippen LogP contribution in [0.4, 0.5) is 15.8 Å². The topological polar surface area (TPSA) is 84.3 Å². The summed E-state index contributed by atoms with van der Waals surface area (Å²) in [5, 5.41) is 15.9. The molecule has 0 bridgehead atoms. The molecule has 2 aromatic rings. The van der Waals surface area contributed by atoms with Gasteiger partial charge in [0.05, 0.1) is 10.6 Å². The molecule has 0 unspecified atom stereocenters. The minimum Gasteiger partial charge on any atom is -0.331 e. The van der Waals surface area contributed by atoms with E-state index in [1.165, 1.54) is 54.6 Å². The second-order valence-corrected chi connectivity index (χ2v) is 6.01. The van der Waals surface area contributed by atoms with Crippen molar-refractivity contribution >= 4 is 56.6 Å². The molecule has 0 aliphatic heterocycles. The van der Waals surface area contributed by atoms with E-state index in [4.69, 9.17) is 12.2 Å². The number of nitro groups is 1. The lowest BCUT2D eigenvalue weighted by molar-refractivity contribution is -0.384. The van der Waals surface area contributed by atoms with E-state index in [-0.39, 0.29) is 16.6 Å². The zero-order valence-corrected chi connectivity index (χ0v) is 14.9. The molecule has 0 atom stereocenters. The third-order valence-electron chi connectivity index (χ3n) is 2.95. The van der Waals surface area contributed by atoms with Crippen molar-refractivity contribution in [2.75, 3.05) is 5.32 Å². The Labute approximate surface area is 156 Å². The van der Waals surface area contributed by atoms with E-state index >= 15 is 0 Å². The highest BCUT2D eigenvalue weighted by Crippen LogP contribution is 2.26. The van der Waals surface area contributed by atoms with Gasteiger partial charge in [0.25, 0.3) is 5.69 Å². The molecule has 25 heavy (non-hydrogen) atoms. The van der Waals surface area contributed by atoms with Crippen molar-refractivity contribution in [3.63, 3.8) is 0 Å². The first kappa shape index (κ1) is 18.7. The number of nitro benzene ring substituents is 1. The molecule has 0 saturated carbocycles. The fraction of sp³-hybridized carbons (Fsp3) is 0. The Hall–Kier alpha value is -2.65. The predicted molar refractivity (Wildman–Crippen MR) is 101 cm³/mol. The number of halogens is 2. The fourth-order valence-electron chi connectivity index (χ4n) is 1.77. The zero-order valence-electron chi connectivity index (χ0n) is 12.5. The summed E-state index contributed by atoms with van der Waals surface area (Å²) in [5.41, 5.74) is 1.06. The molecular formula is C16H11BrFN3O3S. The Balaban J connectivity index is 1.94. The highest BCUT2D eigenvalue weighted by Gasteiger charge is 2.10. The van der Waals surface area contributed by atoms with Gasteiger partial charge in [-0.05, 0) is 58.0 Å². The minimum absolute atomic E-state index is 0.0308. The van der Waals surface area contributed by atoms with E-state index in [1.807, 2.05) is 0 Å². The number of nitrogens with zero attached hydrogens (tertiary/aromatic N) is 1. The normalized spacial score (nSPS) is 10.5. The summed E-state index contributed by atoms with van der Waals surface area (Å²) in [4.78, 5) is 22.0. The van der Waals surface area contributed by atoms with E-state index in [0.717, 1.165) is 0 Å². The SMILES string of the molecule is O=C(/C=C/c1ccc(F)cc1)NC(=S)Nc1ccc([N+](=O)[O-])cc1Br. The summed E-state index contributed by atoms with van der Waals surface area (Å²) in [7, 11) is 0. The van der Waals surface area contributed by atoms with Crippen LogP contribution in [0.5, 0.6) is 0 Å². The predicted octanol–water partition coefficient (Wildman–Crippen LogP) is 4.02. The molecule has 2 aromatic carbocycles. The van der Waals surface area contributed by atoms with Gasteiger partial charge in [-0.3, -0.25) is 20.2 Å². The fourth-order valence-corrected chi connectivity index (χ4v) is 2.45. The van der Waals surface area contributed by atoms with Crippen LogP contribution in [0, 0.1) is 15.9 Å². The number of rotatable bonds is 4. The van der Waals surface area contributed by atoms with Crippen LogP contribution in [0.15, 0.2) is 53.0 Å². The summed E-state index contributed by atoms with van der Waals surface area (Å²) in [6, 6.07) is 9.74. The van der Waals surface area contributed by atoms with Crippen LogP contribution in [-0.2, 0) is 4.79 Å². The number of non-ortho nitro benzene ring substituents is 1. The first-order valence-electron chi connectivity index (χ1n) is 6.85. The maximum absolute atomic E-state index is 12.8. The van der Waals surface area contributed by atoms with Gasteiger partial charge in [0, 0.05) is 22.7 Å². The Morgan fingerprint density at radius 1 is 1.24 bits per heavy atom. The highest BCUT2D eigenvalue weighted by molar-refractivity contribution is 9.10. The van der Waals surface area contributed by atoms with Gasteiger partial charge in [-0.15, -0.1) is 0 Å². The van der Waals surface area contributed by atoms with Crippen LogP contribution >= 0.6 is 28.1 Å². The molecule has 2 rings (SSSR count). The lowest BCUT2D eigenvalue weighted by Crippen LogP contribution is -2.32. The second-order valence-electron chi connectivity index (χ2n) is 4.75. The average molecular weight is 424 g/mol. The summed E-state index contributed by atoms with van der Waals surface area (Å²) in [6.07, 6.45) is 2.77. The van der Waals surface area contributed by atoms with Gasteiger partial charge in [-0.2, -0.15) is 0 Å². The first-order valence-corrected chi connectivity index (χ1v) is 8.05. The molecule has 0 aromatic heterocycles. The minimum atomic E-state index is -0.519. The van der Waals surface area contributed by atoms with Crippen LogP contribution in [0.25, 0.3) is 6.08 Å². The van der Waals surface area contributed by atoms with Crippen LogP contribution in [0.3, 0.4) is 0 Å². The Morgan fingerprint density at radius 2 is 1.92 bits per heavy atom. The molecule has 128 valence electrons. The standard InChI is InChI=1S/C16H11BrFN3O3S/c17-13-9-12(21(23)24)6-7-14(13)19-16(25)20-15(22)8-3-10-1-4-11(18)5-2-10/h1-9H,(H2,19,20,22,25)/b8-3+. The molecule has 0 fully saturated rings. The Bertz CT molecular complexity index is 856.